The second-order valence-corrected chi connectivity index (χ2v) is 19.7. The molecular weight excluding hydrogens is 912 g/mol. The molecule has 0 radical (unpaired) electrons. The molecule has 374 valence electrons. The summed E-state index contributed by atoms with van der Waals surface area (Å²) in [7, 11) is -2.75. The molecule has 0 aliphatic rings. The van der Waals surface area contributed by atoms with E-state index in [0.29, 0.717) is 0 Å². The summed E-state index contributed by atoms with van der Waals surface area (Å²) >= 11 is 0. The van der Waals surface area contributed by atoms with Crippen molar-refractivity contribution in [2.24, 2.45) is 0 Å². The highest BCUT2D eigenvalue weighted by molar-refractivity contribution is 7.33. The van der Waals surface area contributed by atoms with E-state index in [4.69, 9.17) is 9.05 Å². The lowest BCUT2D eigenvalue weighted by molar-refractivity contribution is 0.113. The van der Waals surface area contributed by atoms with Gasteiger partial charge in [0.2, 0.25) is 0 Å². The van der Waals surface area contributed by atoms with Crippen LogP contribution in [0.3, 0.4) is 0 Å². The summed E-state index contributed by atoms with van der Waals surface area (Å²) < 4.78 is 33.7. The Balaban J connectivity index is 0.898. The van der Waals surface area contributed by atoms with Gasteiger partial charge in [-0.25, -0.2) is 9.59 Å². The number of aromatic nitrogens is 4. The number of imidazole rings is 2. The van der Waals surface area contributed by atoms with E-state index in [9.17, 15) is 14.2 Å². The molecule has 0 bridgehead atoms. The molecule has 0 aliphatic carbocycles. The molecule has 6 aromatic carbocycles. The fourth-order valence-corrected chi connectivity index (χ4v) is 11.5. The summed E-state index contributed by atoms with van der Waals surface area (Å²) in [5.41, 5.74) is 9.18. The molecule has 0 saturated carbocycles. The molecule has 2 aromatic heterocycles. The van der Waals surface area contributed by atoms with Gasteiger partial charge in [0.25, 0.3) is 0 Å². The van der Waals surface area contributed by atoms with Crippen LogP contribution in [0.2, 0.25) is 0 Å². The molecule has 2 heterocycles. The quantitative estimate of drug-likeness (QED) is 0.0398. The van der Waals surface area contributed by atoms with Crippen molar-refractivity contribution in [1.29, 1.82) is 0 Å². The van der Waals surface area contributed by atoms with E-state index in [1.807, 2.05) is 152 Å². The van der Waals surface area contributed by atoms with Gasteiger partial charge >= 0.3 is 19.6 Å². The molecule has 0 saturated heterocycles. The minimum Gasteiger partial charge on any atom is -0.307 e. The van der Waals surface area contributed by atoms with Crippen molar-refractivity contribution in [3.63, 3.8) is 0 Å². The molecule has 4 atom stereocenters. The lowest BCUT2D eigenvalue weighted by Gasteiger charge is -2.22. The minimum absolute atomic E-state index is 0.0320. The Bertz CT molecular complexity index is 2840. The standard InChI is InChI=1S/C62H71N4O5P/c1-5-51(63-57(47-31-15-9-16-32-47)59(49-35-19-11-20-36-49)65(61(63)67)53-41-23-13-24-42-53)39-27-29-45-55(7-3)70-72(69)71-56(8-4)46-30-28-40-52(6-2)64-58(48-33-17-10-18-34-48)60(50-37-21-12-22-38-50)66(62(64)68)54-43-25-14-26-44-54/h9-26,31-38,41-44,51-52,55-56,72H,5-8,27-30,39-40,45-46H2,1-4H3. The number of para-hydroxylation sites is 2. The van der Waals surface area contributed by atoms with Gasteiger partial charge in [0, 0.05) is 34.3 Å². The van der Waals surface area contributed by atoms with Crippen LogP contribution in [0, 0.1) is 0 Å². The van der Waals surface area contributed by atoms with Crippen LogP contribution >= 0.6 is 8.25 Å². The summed E-state index contributed by atoms with van der Waals surface area (Å²) in [5.74, 6) is 0. The van der Waals surface area contributed by atoms with Crippen molar-refractivity contribution in [3.8, 4) is 56.4 Å². The second kappa shape index (κ2) is 25.7. The molecule has 0 spiro atoms. The van der Waals surface area contributed by atoms with Crippen LogP contribution in [-0.4, -0.2) is 30.5 Å². The maximum absolute atomic E-state index is 14.8. The van der Waals surface area contributed by atoms with E-state index in [0.717, 1.165) is 133 Å². The Morgan fingerprint density at radius 1 is 0.375 bits per heavy atom. The number of nitrogens with zero attached hydrogens (tertiary/aromatic N) is 4. The summed E-state index contributed by atoms with van der Waals surface area (Å²) in [6.07, 6.45) is 9.33. The first-order valence-corrected chi connectivity index (χ1v) is 27.5. The molecule has 0 amide bonds. The largest absolute Gasteiger partial charge is 0.334 e. The summed E-state index contributed by atoms with van der Waals surface area (Å²) in [6.45, 7) is 8.47. The number of rotatable bonds is 26. The smallest absolute Gasteiger partial charge is 0.307 e. The molecular formula is C62H71N4O5P. The van der Waals surface area contributed by atoms with E-state index in [2.05, 4.69) is 76.2 Å². The van der Waals surface area contributed by atoms with E-state index in [1.165, 1.54) is 0 Å². The van der Waals surface area contributed by atoms with Crippen molar-refractivity contribution in [1.82, 2.24) is 18.3 Å². The number of hydrogen-bond acceptors (Lipinski definition) is 5. The van der Waals surface area contributed by atoms with Crippen LogP contribution in [0.5, 0.6) is 0 Å². The first kappa shape index (κ1) is 51.8. The fraction of sp³-hybridized carbons (Fsp3) is 0.323. The van der Waals surface area contributed by atoms with Crippen molar-refractivity contribution in [2.45, 2.75) is 129 Å². The topological polar surface area (TPSA) is 89.4 Å². The number of hydrogen-bond donors (Lipinski definition) is 0. The first-order chi connectivity index (χ1) is 35.4. The zero-order chi connectivity index (χ0) is 50.2. The monoisotopic (exact) mass is 983 g/mol. The van der Waals surface area contributed by atoms with Gasteiger partial charge in [0.1, 0.15) is 0 Å². The van der Waals surface area contributed by atoms with Gasteiger partial charge < -0.3 is 9.05 Å². The van der Waals surface area contributed by atoms with Crippen LogP contribution in [-0.2, 0) is 13.6 Å². The maximum Gasteiger partial charge on any atom is 0.334 e. The van der Waals surface area contributed by atoms with E-state index in [-0.39, 0.29) is 35.7 Å². The Morgan fingerprint density at radius 2 is 0.653 bits per heavy atom. The minimum atomic E-state index is -2.75. The highest BCUT2D eigenvalue weighted by Crippen LogP contribution is 2.40. The maximum atomic E-state index is 14.8. The Hall–Kier alpha value is -6.51. The van der Waals surface area contributed by atoms with Crippen molar-refractivity contribution < 1.29 is 13.6 Å². The van der Waals surface area contributed by atoms with Gasteiger partial charge in [0.15, 0.2) is 0 Å². The van der Waals surface area contributed by atoms with Crippen LogP contribution < -0.4 is 11.4 Å². The molecule has 8 aromatic rings. The first-order valence-electron chi connectivity index (χ1n) is 26.3. The normalized spacial score (nSPS) is 13.7. The lowest BCUT2D eigenvalue weighted by Crippen LogP contribution is -2.27. The second-order valence-electron chi connectivity index (χ2n) is 18.7. The zero-order valence-corrected chi connectivity index (χ0v) is 43.4. The van der Waals surface area contributed by atoms with Crippen molar-refractivity contribution in [2.75, 3.05) is 0 Å². The average Bonchev–Trinajstić information content (AvgIpc) is 3.92. The van der Waals surface area contributed by atoms with Gasteiger partial charge in [-0.3, -0.25) is 22.8 Å². The Morgan fingerprint density at radius 3 is 0.944 bits per heavy atom. The van der Waals surface area contributed by atoms with E-state index < -0.39 is 8.25 Å². The van der Waals surface area contributed by atoms with Gasteiger partial charge in [-0.15, -0.1) is 0 Å². The molecule has 0 N–H and O–H groups in total. The zero-order valence-electron chi connectivity index (χ0n) is 42.4. The highest BCUT2D eigenvalue weighted by Gasteiger charge is 2.29. The molecule has 72 heavy (non-hydrogen) atoms. The number of benzene rings is 6. The summed E-state index contributed by atoms with van der Waals surface area (Å²) in [4.78, 5) is 29.6. The van der Waals surface area contributed by atoms with Crippen LogP contribution in [0.25, 0.3) is 56.4 Å². The molecule has 10 heteroatoms. The molecule has 4 unspecified atom stereocenters. The van der Waals surface area contributed by atoms with E-state index in [1.54, 1.807) is 0 Å². The molecule has 0 aliphatic heterocycles. The lowest BCUT2D eigenvalue weighted by atomic mass is 10.0. The third kappa shape index (κ3) is 12.0. The molecule has 9 nitrogen and oxygen atoms in total. The van der Waals surface area contributed by atoms with Crippen LogP contribution in [0.4, 0.5) is 0 Å². The summed E-state index contributed by atoms with van der Waals surface area (Å²) in [5, 5.41) is 0. The fourth-order valence-electron chi connectivity index (χ4n) is 10.3. The van der Waals surface area contributed by atoms with Crippen molar-refractivity contribution >= 4 is 8.25 Å². The third-order valence-corrected chi connectivity index (χ3v) is 15.2. The van der Waals surface area contributed by atoms with Crippen LogP contribution in [0.1, 0.15) is 117 Å². The van der Waals surface area contributed by atoms with Gasteiger partial charge in [-0.1, -0.05) is 211 Å². The van der Waals surface area contributed by atoms with Gasteiger partial charge in [-0.2, -0.15) is 0 Å². The highest BCUT2D eigenvalue weighted by atomic mass is 31.1. The van der Waals surface area contributed by atoms with E-state index >= 15 is 0 Å². The van der Waals surface area contributed by atoms with Crippen molar-refractivity contribution in [3.05, 3.63) is 203 Å². The Labute approximate surface area is 426 Å². The predicted octanol–water partition coefficient (Wildman–Crippen LogP) is 16.0. The molecule has 0 fully saturated rings. The summed E-state index contributed by atoms with van der Waals surface area (Å²) in [6, 6.07) is 60.8. The number of unbranched alkanes of at least 4 members (excludes halogenated alkanes) is 2. The van der Waals surface area contributed by atoms with Crippen LogP contribution in [0.15, 0.2) is 192 Å². The SMILES string of the molecule is CCC(CCCCC(CC)n1c(-c2ccccc2)c(-c2ccccc2)n(-c2ccccc2)c1=O)O[PH](=O)OC(CC)CCCCC(CC)n1c(-c2ccccc2)c(-c2ccccc2)n(-c2ccccc2)c1=O. The molecule has 8 rings (SSSR count). The predicted molar refractivity (Wildman–Crippen MR) is 297 cm³/mol. The average molecular weight is 983 g/mol. The van der Waals surface area contributed by atoms with Gasteiger partial charge in [0.05, 0.1) is 46.4 Å². The Kier molecular flexibility index (Phi) is 18.5. The van der Waals surface area contributed by atoms with Gasteiger partial charge in [-0.05, 0) is 75.6 Å². The third-order valence-electron chi connectivity index (χ3n) is 14.1.